The summed E-state index contributed by atoms with van der Waals surface area (Å²) >= 11 is 1.48. The molecule has 0 spiro atoms. The van der Waals surface area contributed by atoms with Gasteiger partial charge in [0.25, 0.3) is 0 Å². The lowest BCUT2D eigenvalue weighted by molar-refractivity contribution is -0.146. The van der Waals surface area contributed by atoms with Gasteiger partial charge < -0.3 is 19.9 Å². The van der Waals surface area contributed by atoms with Crippen molar-refractivity contribution >= 4 is 29.1 Å². The zero-order valence-electron chi connectivity index (χ0n) is 16.9. The van der Waals surface area contributed by atoms with Crippen molar-refractivity contribution < 1.29 is 24.2 Å². The molecule has 2 N–H and O–H groups in total. The first-order valence-corrected chi connectivity index (χ1v) is 11.1. The molecule has 2 aliphatic heterocycles. The molecule has 1 saturated carbocycles. The van der Waals surface area contributed by atoms with Crippen LogP contribution in [0, 0.1) is 5.41 Å². The smallest absolute Gasteiger partial charge is 0.337 e. The van der Waals surface area contributed by atoms with Gasteiger partial charge in [-0.25, -0.2) is 9.78 Å². The minimum atomic E-state index is -0.728. The molecule has 1 aliphatic carbocycles. The molecule has 3 aliphatic rings. The van der Waals surface area contributed by atoms with Gasteiger partial charge in [0, 0.05) is 36.9 Å². The summed E-state index contributed by atoms with van der Waals surface area (Å²) in [6.45, 7) is 4.71. The van der Waals surface area contributed by atoms with Crippen molar-refractivity contribution in [3.05, 3.63) is 27.9 Å². The lowest BCUT2D eigenvalue weighted by Crippen LogP contribution is -2.47. The Kier molecular flexibility index (Phi) is 6.16. The molecule has 4 rings (SSSR count). The van der Waals surface area contributed by atoms with Crippen LogP contribution in [0.3, 0.4) is 0 Å². The van der Waals surface area contributed by atoms with Gasteiger partial charge >= 0.3 is 11.9 Å². The third kappa shape index (κ3) is 4.55. The number of morpholine rings is 1. The van der Waals surface area contributed by atoms with E-state index in [-0.39, 0.29) is 18.6 Å². The van der Waals surface area contributed by atoms with E-state index in [0.717, 1.165) is 23.5 Å². The predicted octanol–water partition coefficient (Wildman–Crippen LogP) is 1.27. The van der Waals surface area contributed by atoms with E-state index in [1.807, 2.05) is 5.38 Å². The maximum absolute atomic E-state index is 12.5. The number of carbonyl (C=O) groups is 2. The third-order valence-electron chi connectivity index (χ3n) is 5.72. The number of carboxylic acids is 1. The Balaban J connectivity index is 1.46. The summed E-state index contributed by atoms with van der Waals surface area (Å²) in [6, 6.07) is 0. The van der Waals surface area contributed by atoms with Crippen molar-refractivity contribution in [3.8, 4) is 0 Å². The van der Waals surface area contributed by atoms with Gasteiger partial charge in [0.15, 0.2) is 10.8 Å². The number of thiazole rings is 1. The summed E-state index contributed by atoms with van der Waals surface area (Å²) in [5.41, 5.74) is 0.662. The number of aliphatic carboxylic acids is 1. The van der Waals surface area contributed by atoms with Gasteiger partial charge in [0.05, 0.1) is 36.9 Å². The molecular formula is C20H26N4O5S. The van der Waals surface area contributed by atoms with Gasteiger partial charge in [0.1, 0.15) is 0 Å². The predicted molar refractivity (Wildman–Crippen MR) is 110 cm³/mol. The highest BCUT2D eigenvalue weighted by Crippen LogP contribution is 2.50. The Morgan fingerprint density at radius 2 is 2.30 bits per heavy atom. The molecule has 2 fully saturated rings. The quantitative estimate of drug-likeness (QED) is 0.588. The third-order valence-corrected chi connectivity index (χ3v) is 6.50. The van der Waals surface area contributed by atoms with Crippen LogP contribution in [0.5, 0.6) is 0 Å². The van der Waals surface area contributed by atoms with Crippen LogP contribution in [0.15, 0.2) is 27.8 Å². The van der Waals surface area contributed by atoms with Crippen molar-refractivity contribution in [2.45, 2.75) is 32.3 Å². The minimum absolute atomic E-state index is 0.125. The molecular weight excluding hydrogens is 408 g/mol. The number of carboxylic acid groups (broad SMARTS) is 1. The lowest BCUT2D eigenvalue weighted by Gasteiger charge is -2.35. The molecule has 1 aromatic heterocycles. The number of rotatable bonds is 8. The van der Waals surface area contributed by atoms with Gasteiger partial charge in [0.2, 0.25) is 0 Å². The normalized spacial score (nSPS) is 23.5. The Morgan fingerprint density at radius 3 is 2.97 bits per heavy atom. The van der Waals surface area contributed by atoms with Crippen molar-refractivity contribution in [1.82, 2.24) is 15.2 Å². The molecule has 1 saturated heterocycles. The molecule has 162 valence electrons. The summed E-state index contributed by atoms with van der Waals surface area (Å²) in [7, 11) is 0. The van der Waals surface area contributed by atoms with Crippen LogP contribution < -0.4 is 5.32 Å². The van der Waals surface area contributed by atoms with Crippen LogP contribution in [0.1, 0.15) is 31.2 Å². The molecule has 0 bridgehead atoms. The second-order valence-electron chi connectivity index (χ2n) is 7.82. The first kappa shape index (κ1) is 21.0. The number of aromatic nitrogens is 1. The number of amidine groups is 1. The van der Waals surface area contributed by atoms with Crippen LogP contribution in [0.2, 0.25) is 0 Å². The second kappa shape index (κ2) is 8.83. The maximum atomic E-state index is 12.5. The van der Waals surface area contributed by atoms with Crippen molar-refractivity contribution in [2.24, 2.45) is 10.4 Å². The molecule has 1 aromatic rings. The zero-order chi connectivity index (χ0) is 21.1. The molecule has 1 unspecified atom stereocenters. The summed E-state index contributed by atoms with van der Waals surface area (Å²) in [6.07, 6.45) is 3.56. The summed E-state index contributed by atoms with van der Waals surface area (Å²) in [5.74, 6) is -0.441. The largest absolute Gasteiger partial charge is 0.481 e. The number of nitrogens with zero attached hydrogens (tertiary/aromatic N) is 3. The first-order chi connectivity index (χ1) is 14.5. The second-order valence-corrected chi connectivity index (χ2v) is 8.72. The van der Waals surface area contributed by atoms with E-state index in [4.69, 9.17) is 9.47 Å². The maximum Gasteiger partial charge on any atom is 0.337 e. The molecule has 3 heterocycles. The molecule has 10 heteroatoms. The number of carbonyl (C=O) groups excluding carboxylic acids is 1. The summed E-state index contributed by atoms with van der Waals surface area (Å²) < 4.78 is 11.1. The van der Waals surface area contributed by atoms with Crippen LogP contribution in [-0.2, 0) is 19.1 Å². The summed E-state index contributed by atoms with van der Waals surface area (Å²) in [4.78, 5) is 35.0. The number of hydrogen-bond donors (Lipinski definition) is 2. The highest BCUT2D eigenvalue weighted by molar-refractivity contribution is 7.11. The van der Waals surface area contributed by atoms with Crippen LogP contribution in [-0.4, -0.2) is 78.3 Å². The van der Waals surface area contributed by atoms with E-state index < -0.39 is 11.4 Å². The van der Waals surface area contributed by atoms with Crippen LogP contribution in [0.4, 0.5) is 0 Å². The van der Waals surface area contributed by atoms with Crippen molar-refractivity contribution in [3.63, 3.8) is 0 Å². The highest BCUT2D eigenvalue weighted by atomic mass is 32.1. The SMILES string of the molecule is CCOC(=O)C1=C(CN2CCOC(CC3(C(=O)O)CC3)C2)NC(c2nccs2)=NC1. The fourth-order valence-electron chi connectivity index (χ4n) is 3.88. The van der Waals surface area contributed by atoms with Gasteiger partial charge in [-0.05, 0) is 26.2 Å². The van der Waals surface area contributed by atoms with E-state index in [9.17, 15) is 14.7 Å². The number of aliphatic imine (C=N–C) groups is 1. The molecule has 0 aromatic carbocycles. The van der Waals surface area contributed by atoms with E-state index in [1.54, 1.807) is 13.1 Å². The fraction of sp³-hybridized carbons (Fsp3) is 0.600. The standard InChI is InChI=1S/C20H26N4O5S/c1-2-28-18(25)14-10-22-16(17-21-5-8-30-17)23-15(14)12-24-6-7-29-13(11-24)9-20(3-4-20)19(26)27/h5,8,13H,2-4,6-7,9-12H2,1H3,(H,22,23)(H,26,27). The van der Waals surface area contributed by atoms with Gasteiger partial charge in [-0.15, -0.1) is 11.3 Å². The summed E-state index contributed by atoms with van der Waals surface area (Å²) in [5, 5.41) is 15.4. The topological polar surface area (TPSA) is 113 Å². The number of ether oxygens (including phenoxy) is 2. The fourth-order valence-corrected chi connectivity index (χ4v) is 4.48. The molecule has 9 nitrogen and oxygen atoms in total. The Morgan fingerprint density at radius 1 is 1.47 bits per heavy atom. The van der Waals surface area contributed by atoms with Crippen LogP contribution >= 0.6 is 11.3 Å². The van der Waals surface area contributed by atoms with E-state index in [1.165, 1.54) is 11.3 Å². The van der Waals surface area contributed by atoms with Crippen molar-refractivity contribution in [2.75, 3.05) is 39.4 Å². The van der Waals surface area contributed by atoms with Gasteiger partial charge in [-0.1, -0.05) is 0 Å². The molecule has 1 atom stereocenters. The van der Waals surface area contributed by atoms with Gasteiger partial charge in [-0.3, -0.25) is 14.7 Å². The minimum Gasteiger partial charge on any atom is -0.481 e. The monoisotopic (exact) mass is 434 g/mol. The molecule has 30 heavy (non-hydrogen) atoms. The van der Waals surface area contributed by atoms with E-state index in [2.05, 4.69) is 20.2 Å². The molecule has 0 radical (unpaired) electrons. The average molecular weight is 435 g/mol. The Hall–Kier alpha value is -2.30. The average Bonchev–Trinajstić information content (AvgIpc) is 3.30. The van der Waals surface area contributed by atoms with Crippen molar-refractivity contribution in [1.29, 1.82) is 0 Å². The Bertz CT molecular complexity index is 863. The molecule has 0 amide bonds. The van der Waals surface area contributed by atoms with E-state index in [0.29, 0.717) is 50.7 Å². The van der Waals surface area contributed by atoms with Crippen LogP contribution in [0.25, 0.3) is 0 Å². The number of hydrogen-bond acceptors (Lipinski definition) is 9. The Labute approximate surface area is 178 Å². The lowest BCUT2D eigenvalue weighted by atomic mass is 9.97. The van der Waals surface area contributed by atoms with Gasteiger partial charge in [-0.2, -0.15) is 0 Å². The van der Waals surface area contributed by atoms with E-state index >= 15 is 0 Å². The zero-order valence-corrected chi connectivity index (χ0v) is 17.7. The number of esters is 1. The number of nitrogens with one attached hydrogen (secondary N) is 1. The first-order valence-electron chi connectivity index (χ1n) is 10.2. The highest BCUT2D eigenvalue weighted by Gasteiger charge is 2.51.